The molecule has 1 aliphatic rings. The van der Waals surface area contributed by atoms with E-state index in [2.05, 4.69) is 15.5 Å². The molecule has 0 saturated carbocycles. The van der Waals surface area contributed by atoms with E-state index in [4.69, 9.17) is 14.0 Å². The van der Waals surface area contributed by atoms with Crippen LogP contribution in [0.5, 0.6) is 11.5 Å². The normalized spacial score (nSPS) is 13.9. The summed E-state index contributed by atoms with van der Waals surface area (Å²) in [5.74, 6) is 2.54. The van der Waals surface area contributed by atoms with Gasteiger partial charge in [0.25, 0.3) is 0 Å². The van der Waals surface area contributed by atoms with E-state index in [9.17, 15) is 4.79 Å². The quantitative estimate of drug-likeness (QED) is 0.684. The SMILES string of the molecule is COc1ccc(CNC(=O)N2CC(c3nc(-c4cccs4)no3)C2)cc1OC. The van der Waals surface area contributed by atoms with Gasteiger partial charge in [-0.1, -0.05) is 17.3 Å². The fourth-order valence-electron chi connectivity index (χ4n) is 2.99. The van der Waals surface area contributed by atoms with Gasteiger partial charge in [0.2, 0.25) is 11.7 Å². The van der Waals surface area contributed by atoms with Gasteiger partial charge in [-0.15, -0.1) is 11.3 Å². The Morgan fingerprint density at radius 3 is 2.82 bits per heavy atom. The maximum Gasteiger partial charge on any atom is 0.317 e. The fourth-order valence-corrected chi connectivity index (χ4v) is 3.64. The van der Waals surface area contributed by atoms with Crippen LogP contribution in [-0.4, -0.2) is 48.4 Å². The predicted molar refractivity (Wildman–Crippen MR) is 104 cm³/mol. The number of benzene rings is 1. The Balaban J connectivity index is 1.28. The lowest BCUT2D eigenvalue weighted by Crippen LogP contribution is -2.52. The first kappa shape index (κ1) is 18.3. The van der Waals surface area contributed by atoms with Gasteiger partial charge in [0.05, 0.1) is 25.0 Å². The molecule has 0 radical (unpaired) electrons. The third kappa shape index (κ3) is 3.65. The van der Waals surface area contributed by atoms with E-state index >= 15 is 0 Å². The van der Waals surface area contributed by atoms with E-state index in [0.29, 0.717) is 42.8 Å². The zero-order valence-electron chi connectivity index (χ0n) is 15.5. The average Bonchev–Trinajstić information content (AvgIpc) is 3.36. The molecule has 2 amide bonds. The van der Waals surface area contributed by atoms with E-state index in [1.54, 1.807) is 30.5 Å². The van der Waals surface area contributed by atoms with Crippen molar-refractivity contribution in [3.05, 3.63) is 47.2 Å². The number of carbonyl (C=O) groups is 1. The van der Waals surface area contributed by atoms with Gasteiger partial charge >= 0.3 is 6.03 Å². The molecule has 3 aromatic rings. The second kappa shape index (κ2) is 7.89. The summed E-state index contributed by atoms with van der Waals surface area (Å²) in [6.07, 6.45) is 0. The number of nitrogens with zero attached hydrogens (tertiary/aromatic N) is 3. The number of nitrogens with one attached hydrogen (secondary N) is 1. The zero-order chi connectivity index (χ0) is 19.5. The minimum absolute atomic E-state index is 0.0769. The maximum atomic E-state index is 12.3. The molecular formula is C19H20N4O4S. The van der Waals surface area contributed by atoms with Crippen LogP contribution < -0.4 is 14.8 Å². The van der Waals surface area contributed by atoms with Crippen molar-refractivity contribution in [1.82, 2.24) is 20.4 Å². The molecule has 1 saturated heterocycles. The van der Waals surface area contributed by atoms with Gasteiger partial charge in [-0.05, 0) is 29.1 Å². The van der Waals surface area contributed by atoms with Gasteiger partial charge in [-0.25, -0.2) is 4.79 Å². The minimum atomic E-state index is -0.121. The lowest BCUT2D eigenvalue weighted by Gasteiger charge is -2.36. The van der Waals surface area contributed by atoms with Crippen LogP contribution in [0.15, 0.2) is 40.2 Å². The summed E-state index contributed by atoms with van der Waals surface area (Å²) in [6, 6.07) is 9.34. The molecule has 3 heterocycles. The Kier molecular flexibility index (Phi) is 5.16. The standard InChI is InChI=1S/C19H20N4O4S/c1-25-14-6-5-12(8-15(14)26-2)9-20-19(24)23-10-13(11-23)18-21-17(22-27-18)16-4-3-7-28-16/h3-8,13H,9-11H2,1-2H3,(H,20,24). The minimum Gasteiger partial charge on any atom is -0.493 e. The lowest BCUT2D eigenvalue weighted by molar-refractivity contribution is 0.136. The zero-order valence-corrected chi connectivity index (χ0v) is 16.4. The van der Waals surface area contributed by atoms with Gasteiger partial charge in [0.15, 0.2) is 11.5 Å². The number of likely N-dealkylation sites (tertiary alicyclic amines) is 1. The van der Waals surface area contributed by atoms with Crippen LogP contribution in [0.2, 0.25) is 0 Å². The molecule has 4 rings (SSSR count). The van der Waals surface area contributed by atoms with Crippen molar-refractivity contribution in [2.75, 3.05) is 27.3 Å². The predicted octanol–water partition coefficient (Wildman–Crippen LogP) is 3.12. The highest BCUT2D eigenvalue weighted by atomic mass is 32.1. The third-order valence-corrected chi connectivity index (χ3v) is 5.46. The number of carbonyl (C=O) groups excluding carboxylic acids is 1. The Morgan fingerprint density at radius 1 is 1.29 bits per heavy atom. The second-order valence-corrected chi connectivity index (χ2v) is 7.33. The Labute approximate surface area is 166 Å². The summed E-state index contributed by atoms with van der Waals surface area (Å²) >= 11 is 1.57. The van der Waals surface area contributed by atoms with E-state index in [1.807, 2.05) is 35.7 Å². The number of hydrogen-bond donors (Lipinski definition) is 1. The summed E-state index contributed by atoms with van der Waals surface area (Å²) in [4.78, 5) is 19.5. The molecule has 8 nitrogen and oxygen atoms in total. The number of hydrogen-bond acceptors (Lipinski definition) is 7. The Morgan fingerprint density at radius 2 is 2.11 bits per heavy atom. The van der Waals surface area contributed by atoms with Crippen molar-refractivity contribution >= 4 is 17.4 Å². The van der Waals surface area contributed by atoms with Crippen molar-refractivity contribution in [3.63, 3.8) is 0 Å². The molecule has 0 bridgehead atoms. The molecule has 1 N–H and O–H groups in total. The molecule has 1 aliphatic heterocycles. The first-order valence-electron chi connectivity index (χ1n) is 8.79. The summed E-state index contributed by atoms with van der Waals surface area (Å²) in [6.45, 7) is 1.52. The number of urea groups is 1. The Hall–Kier alpha value is -3.07. The van der Waals surface area contributed by atoms with Crippen molar-refractivity contribution in [1.29, 1.82) is 0 Å². The number of rotatable bonds is 6. The summed E-state index contributed by atoms with van der Waals surface area (Å²) in [7, 11) is 3.17. The lowest BCUT2D eigenvalue weighted by atomic mass is 10.0. The number of ether oxygens (including phenoxy) is 2. The molecule has 0 spiro atoms. The smallest absolute Gasteiger partial charge is 0.317 e. The molecule has 28 heavy (non-hydrogen) atoms. The summed E-state index contributed by atoms with van der Waals surface area (Å²) in [5.41, 5.74) is 0.931. The number of methoxy groups -OCH3 is 2. The first-order chi connectivity index (χ1) is 13.7. The maximum absolute atomic E-state index is 12.3. The van der Waals surface area contributed by atoms with Gasteiger partial charge in [0.1, 0.15) is 0 Å². The highest BCUT2D eigenvalue weighted by Gasteiger charge is 2.35. The highest BCUT2D eigenvalue weighted by Crippen LogP contribution is 2.29. The molecule has 1 fully saturated rings. The van der Waals surface area contributed by atoms with Crippen molar-refractivity contribution in [2.24, 2.45) is 0 Å². The number of aromatic nitrogens is 2. The Bertz CT molecular complexity index is 951. The molecule has 1 aromatic carbocycles. The molecular weight excluding hydrogens is 380 g/mol. The number of thiophene rings is 1. The summed E-state index contributed by atoms with van der Waals surface area (Å²) in [5, 5.41) is 8.91. The largest absolute Gasteiger partial charge is 0.493 e. The molecule has 0 aliphatic carbocycles. The van der Waals surface area contributed by atoms with Crippen LogP contribution in [0.3, 0.4) is 0 Å². The number of amides is 2. The van der Waals surface area contributed by atoms with Crippen LogP contribution in [0.4, 0.5) is 4.79 Å². The average molecular weight is 400 g/mol. The summed E-state index contributed by atoms with van der Waals surface area (Å²) < 4.78 is 15.9. The van der Waals surface area contributed by atoms with Gasteiger partial charge < -0.3 is 24.2 Å². The third-order valence-electron chi connectivity index (χ3n) is 4.59. The van der Waals surface area contributed by atoms with E-state index in [0.717, 1.165) is 10.4 Å². The van der Waals surface area contributed by atoms with Crippen LogP contribution in [0, 0.1) is 0 Å². The van der Waals surface area contributed by atoms with E-state index < -0.39 is 0 Å². The molecule has 146 valence electrons. The van der Waals surface area contributed by atoms with Crippen LogP contribution >= 0.6 is 11.3 Å². The monoisotopic (exact) mass is 400 g/mol. The van der Waals surface area contributed by atoms with Gasteiger partial charge in [-0.3, -0.25) is 0 Å². The van der Waals surface area contributed by atoms with E-state index in [1.165, 1.54) is 0 Å². The first-order valence-corrected chi connectivity index (χ1v) is 9.67. The molecule has 0 atom stereocenters. The molecule has 9 heteroatoms. The van der Waals surface area contributed by atoms with Crippen LogP contribution in [0.1, 0.15) is 17.4 Å². The highest BCUT2D eigenvalue weighted by molar-refractivity contribution is 7.13. The second-order valence-electron chi connectivity index (χ2n) is 6.38. The van der Waals surface area contributed by atoms with Gasteiger partial charge in [0, 0.05) is 19.6 Å². The van der Waals surface area contributed by atoms with Crippen LogP contribution in [0.25, 0.3) is 10.7 Å². The van der Waals surface area contributed by atoms with E-state index in [-0.39, 0.29) is 11.9 Å². The van der Waals surface area contributed by atoms with Crippen LogP contribution in [-0.2, 0) is 6.54 Å². The molecule has 0 unspecified atom stereocenters. The van der Waals surface area contributed by atoms with Crippen molar-refractivity contribution in [3.8, 4) is 22.2 Å². The van der Waals surface area contributed by atoms with Crippen molar-refractivity contribution in [2.45, 2.75) is 12.5 Å². The molecule has 2 aromatic heterocycles. The topological polar surface area (TPSA) is 89.7 Å². The van der Waals surface area contributed by atoms with Crippen molar-refractivity contribution < 1.29 is 18.8 Å². The fraction of sp³-hybridized carbons (Fsp3) is 0.316. The van der Waals surface area contributed by atoms with Gasteiger partial charge in [-0.2, -0.15) is 4.98 Å².